The molecule has 1 aromatic carbocycles. The van der Waals surface area contributed by atoms with Gasteiger partial charge >= 0.3 is 0 Å². The molecule has 2 N–H and O–H groups in total. The number of hydrogen-bond acceptors (Lipinski definition) is 2. The summed E-state index contributed by atoms with van der Waals surface area (Å²) in [7, 11) is 0. The third-order valence-corrected chi connectivity index (χ3v) is 2.59. The highest BCUT2D eigenvalue weighted by Gasteiger charge is 2.07. The van der Waals surface area contributed by atoms with Gasteiger partial charge in [0.25, 0.3) is 0 Å². The Morgan fingerprint density at radius 3 is 2.80 bits per heavy atom. The quantitative estimate of drug-likeness (QED) is 0.778. The van der Waals surface area contributed by atoms with Gasteiger partial charge in [-0.3, -0.25) is 0 Å². The van der Waals surface area contributed by atoms with Crippen LogP contribution in [-0.2, 0) is 0 Å². The third-order valence-electron chi connectivity index (χ3n) is 2.29. The van der Waals surface area contributed by atoms with E-state index in [1.165, 1.54) is 6.42 Å². The van der Waals surface area contributed by atoms with Crippen molar-refractivity contribution in [3.63, 3.8) is 0 Å². The van der Waals surface area contributed by atoms with Crippen LogP contribution in [0.5, 0.6) is 5.75 Å². The van der Waals surface area contributed by atoms with Crippen molar-refractivity contribution in [2.24, 2.45) is 5.92 Å². The first-order valence-electron chi connectivity index (χ1n) is 5.32. The molecular formula is C12H18ClNO. The summed E-state index contributed by atoms with van der Waals surface area (Å²) in [6, 6.07) is 5.41. The molecule has 0 bridgehead atoms. The maximum absolute atomic E-state index is 5.99. The van der Waals surface area contributed by atoms with E-state index in [0.717, 1.165) is 6.42 Å². The highest BCUT2D eigenvalue weighted by molar-refractivity contribution is 6.32. The minimum absolute atomic E-state index is 0.533. The first kappa shape index (κ1) is 12.2. The first-order chi connectivity index (χ1) is 7.15. The molecule has 0 aliphatic heterocycles. The lowest BCUT2D eigenvalue weighted by Gasteiger charge is -2.14. The van der Waals surface area contributed by atoms with Crippen molar-refractivity contribution in [1.29, 1.82) is 0 Å². The number of halogens is 1. The van der Waals surface area contributed by atoms with E-state index < -0.39 is 0 Å². The molecule has 1 aromatic rings. The molecule has 1 unspecified atom stereocenters. The molecule has 0 aliphatic carbocycles. The molecule has 15 heavy (non-hydrogen) atoms. The number of nitrogen functional groups attached to an aromatic ring is 1. The molecule has 0 fully saturated rings. The minimum atomic E-state index is 0.533. The normalized spacial score (nSPS) is 12.5. The number of rotatable bonds is 5. The van der Waals surface area contributed by atoms with Crippen molar-refractivity contribution < 1.29 is 4.74 Å². The maximum Gasteiger partial charge on any atom is 0.160 e. The van der Waals surface area contributed by atoms with Crippen LogP contribution in [0, 0.1) is 5.92 Å². The van der Waals surface area contributed by atoms with E-state index in [1.807, 2.05) is 6.07 Å². The van der Waals surface area contributed by atoms with Gasteiger partial charge in [-0.25, -0.2) is 0 Å². The van der Waals surface area contributed by atoms with Gasteiger partial charge in [-0.2, -0.15) is 0 Å². The summed E-state index contributed by atoms with van der Waals surface area (Å²) in [6.07, 6.45) is 2.33. The summed E-state index contributed by atoms with van der Waals surface area (Å²) in [5.41, 5.74) is 6.38. The van der Waals surface area contributed by atoms with E-state index in [9.17, 15) is 0 Å². The predicted molar refractivity (Wildman–Crippen MR) is 65.4 cm³/mol. The van der Waals surface area contributed by atoms with Crippen LogP contribution in [0.3, 0.4) is 0 Å². The summed E-state index contributed by atoms with van der Waals surface area (Å²) in [5.74, 6) is 1.15. The molecule has 0 spiro atoms. The van der Waals surface area contributed by atoms with Crippen molar-refractivity contribution in [2.45, 2.75) is 26.7 Å². The monoisotopic (exact) mass is 227 g/mol. The van der Waals surface area contributed by atoms with Gasteiger partial charge in [0.15, 0.2) is 5.75 Å². The van der Waals surface area contributed by atoms with Crippen LogP contribution in [0.1, 0.15) is 26.7 Å². The molecule has 0 saturated heterocycles. The molecule has 3 heteroatoms. The largest absolute Gasteiger partial charge is 0.490 e. The number of ether oxygens (including phenoxy) is 1. The highest BCUT2D eigenvalue weighted by Crippen LogP contribution is 2.30. The molecule has 0 aromatic heterocycles. The second kappa shape index (κ2) is 5.86. The van der Waals surface area contributed by atoms with Crippen LogP contribution in [0.15, 0.2) is 18.2 Å². The third kappa shape index (κ3) is 3.63. The Hall–Kier alpha value is -0.890. The Kier molecular flexibility index (Phi) is 4.76. The zero-order valence-electron chi connectivity index (χ0n) is 9.29. The van der Waals surface area contributed by atoms with Crippen LogP contribution in [0.4, 0.5) is 5.69 Å². The van der Waals surface area contributed by atoms with Crippen LogP contribution in [-0.4, -0.2) is 6.61 Å². The van der Waals surface area contributed by atoms with Gasteiger partial charge in [0.1, 0.15) is 0 Å². The fourth-order valence-corrected chi connectivity index (χ4v) is 1.72. The number of anilines is 1. The Bertz CT molecular complexity index is 294. The van der Waals surface area contributed by atoms with Gasteiger partial charge in [0.05, 0.1) is 17.3 Å². The van der Waals surface area contributed by atoms with Crippen molar-refractivity contribution >= 4 is 17.3 Å². The molecular weight excluding hydrogens is 210 g/mol. The second-order valence-corrected chi connectivity index (χ2v) is 4.27. The van der Waals surface area contributed by atoms with Crippen LogP contribution >= 0.6 is 11.6 Å². The van der Waals surface area contributed by atoms with Gasteiger partial charge in [-0.05, 0) is 24.5 Å². The zero-order chi connectivity index (χ0) is 11.3. The lowest BCUT2D eigenvalue weighted by Crippen LogP contribution is -2.09. The lowest BCUT2D eigenvalue weighted by molar-refractivity contribution is 0.253. The van der Waals surface area contributed by atoms with E-state index in [0.29, 0.717) is 29.0 Å². The van der Waals surface area contributed by atoms with Gasteiger partial charge < -0.3 is 10.5 Å². The molecule has 0 saturated carbocycles. The van der Waals surface area contributed by atoms with Crippen molar-refractivity contribution in [1.82, 2.24) is 0 Å². The molecule has 1 rings (SSSR count). The standard InChI is InChI=1S/C12H18ClNO/c1-3-5-9(2)8-15-12-10(13)6-4-7-11(12)14/h4,6-7,9H,3,5,8,14H2,1-2H3. The van der Waals surface area contributed by atoms with E-state index in [-0.39, 0.29) is 0 Å². The molecule has 0 amide bonds. The minimum Gasteiger partial charge on any atom is -0.490 e. The summed E-state index contributed by atoms with van der Waals surface area (Å²) in [5, 5.41) is 0.582. The number of nitrogens with two attached hydrogens (primary N) is 1. The zero-order valence-corrected chi connectivity index (χ0v) is 10.1. The summed E-state index contributed by atoms with van der Waals surface area (Å²) < 4.78 is 5.62. The van der Waals surface area contributed by atoms with Crippen LogP contribution in [0.25, 0.3) is 0 Å². The van der Waals surface area contributed by atoms with E-state index in [4.69, 9.17) is 22.1 Å². The molecule has 0 aliphatic rings. The summed E-state index contributed by atoms with van der Waals surface area (Å²) >= 11 is 5.99. The average Bonchev–Trinajstić information content (AvgIpc) is 2.17. The first-order valence-corrected chi connectivity index (χ1v) is 5.69. The Morgan fingerprint density at radius 2 is 2.20 bits per heavy atom. The second-order valence-electron chi connectivity index (χ2n) is 3.86. The van der Waals surface area contributed by atoms with E-state index in [1.54, 1.807) is 12.1 Å². The molecule has 84 valence electrons. The summed E-state index contributed by atoms with van der Waals surface area (Å²) in [6.45, 7) is 5.00. The van der Waals surface area contributed by atoms with Crippen LogP contribution in [0.2, 0.25) is 5.02 Å². The summed E-state index contributed by atoms with van der Waals surface area (Å²) in [4.78, 5) is 0. The Labute approximate surface area is 96.4 Å². The van der Waals surface area contributed by atoms with E-state index in [2.05, 4.69) is 13.8 Å². The maximum atomic E-state index is 5.99. The number of hydrogen-bond donors (Lipinski definition) is 1. The molecule has 1 atom stereocenters. The molecule has 2 nitrogen and oxygen atoms in total. The lowest BCUT2D eigenvalue weighted by atomic mass is 10.1. The van der Waals surface area contributed by atoms with Gasteiger partial charge in [-0.1, -0.05) is 37.9 Å². The predicted octanol–water partition coefficient (Wildman–Crippen LogP) is 3.74. The SMILES string of the molecule is CCCC(C)COc1c(N)cccc1Cl. The van der Waals surface area contributed by atoms with Crippen LogP contribution < -0.4 is 10.5 Å². The van der Waals surface area contributed by atoms with Crippen molar-refractivity contribution in [3.05, 3.63) is 23.2 Å². The van der Waals surface area contributed by atoms with Crippen molar-refractivity contribution in [2.75, 3.05) is 12.3 Å². The fraction of sp³-hybridized carbons (Fsp3) is 0.500. The molecule has 0 radical (unpaired) electrons. The van der Waals surface area contributed by atoms with Gasteiger partial charge in [0, 0.05) is 0 Å². The Balaban J connectivity index is 2.57. The topological polar surface area (TPSA) is 35.2 Å². The average molecular weight is 228 g/mol. The van der Waals surface area contributed by atoms with Crippen molar-refractivity contribution in [3.8, 4) is 5.75 Å². The molecule has 0 heterocycles. The van der Waals surface area contributed by atoms with Gasteiger partial charge in [-0.15, -0.1) is 0 Å². The fourth-order valence-electron chi connectivity index (χ4n) is 1.48. The Morgan fingerprint density at radius 1 is 1.47 bits per heavy atom. The van der Waals surface area contributed by atoms with Gasteiger partial charge in [0.2, 0.25) is 0 Å². The highest BCUT2D eigenvalue weighted by atomic mass is 35.5. The smallest absolute Gasteiger partial charge is 0.160 e. The van der Waals surface area contributed by atoms with E-state index >= 15 is 0 Å². The number of para-hydroxylation sites is 1. The number of benzene rings is 1.